The number of ketones is 1. The fourth-order valence-electron chi connectivity index (χ4n) is 3.74. The van der Waals surface area contributed by atoms with Crippen LogP contribution in [0.4, 0.5) is 4.39 Å². The molecule has 1 aromatic rings. The summed E-state index contributed by atoms with van der Waals surface area (Å²) in [5.74, 6) is -0.791. The number of fused-ring (bicyclic) bond motifs is 3. The van der Waals surface area contributed by atoms with Crippen LogP contribution in [0.25, 0.3) is 0 Å². The fourth-order valence-corrected chi connectivity index (χ4v) is 3.74. The lowest BCUT2D eigenvalue weighted by Crippen LogP contribution is -2.17. The van der Waals surface area contributed by atoms with E-state index in [2.05, 4.69) is 6.58 Å². The van der Waals surface area contributed by atoms with Gasteiger partial charge < -0.3 is 5.11 Å². The van der Waals surface area contributed by atoms with Crippen LogP contribution in [-0.2, 0) is 0 Å². The highest BCUT2D eigenvalue weighted by Gasteiger charge is 2.45. The van der Waals surface area contributed by atoms with Gasteiger partial charge in [0.25, 0.3) is 0 Å². The van der Waals surface area contributed by atoms with Crippen molar-refractivity contribution in [1.29, 1.82) is 0 Å². The molecule has 3 unspecified atom stereocenters. The van der Waals surface area contributed by atoms with Gasteiger partial charge in [0.05, 0.1) is 5.56 Å². The summed E-state index contributed by atoms with van der Waals surface area (Å²) in [6.07, 6.45) is 5.34. The van der Waals surface area contributed by atoms with Crippen molar-refractivity contribution < 1.29 is 14.3 Å². The third-order valence-electron chi connectivity index (χ3n) is 4.88. The predicted molar refractivity (Wildman–Crippen MR) is 75.7 cm³/mol. The summed E-state index contributed by atoms with van der Waals surface area (Å²) in [6, 6.07) is 1.38. The number of allylic oxidation sites excluding steroid dienone is 1. The lowest BCUT2D eigenvalue weighted by Gasteiger charge is -2.24. The van der Waals surface area contributed by atoms with Gasteiger partial charge in [0, 0.05) is 23.0 Å². The van der Waals surface area contributed by atoms with E-state index in [0.29, 0.717) is 11.1 Å². The number of carbonyl (C=O) groups excluding carboxylic acids is 1. The van der Waals surface area contributed by atoms with E-state index in [0.717, 1.165) is 25.7 Å². The molecular weight excluding hydrogens is 255 g/mol. The summed E-state index contributed by atoms with van der Waals surface area (Å²) in [7, 11) is 0. The third-order valence-corrected chi connectivity index (χ3v) is 4.88. The average molecular weight is 274 g/mol. The molecule has 20 heavy (non-hydrogen) atoms. The van der Waals surface area contributed by atoms with Gasteiger partial charge in [0.2, 0.25) is 0 Å². The van der Waals surface area contributed by atoms with Crippen molar-refractivity contribution in [2.45, 2.75) is 44.4 Å². The highest BCUT2D eigenvalue weighted by Crippen LogP contribution is 2.51. The smallest absolute Gasteiger partial charge is 0.170 e. The molecule has 0 spiro atoms. The second-order valence-electron chi connectivity index (χ2n) is 5.97. The maximum atomic E-state index is 14.5. The van der Waals surface area contributed by atoms with Gasteiger partial charge in [-0.15, -0.1) is 6.58 Å². The number of halogens is 1. The Kier molecular flexibility index (Phi) is 3.15. The Morgan fingerprint density at radius 2 is 2.05 bits per heavy atom. The van der Waals surface area contributed by atoms with E-state index in [1.54, 1.807) is 6.08 Å². The lowest BCUT2D eigenvalue weighted by atomic mass is 9.79. The summed E-state index contributed by atoms with van der Waals surface area (Å²) < 4.78 is 14.5. The lowest BCUT2D eigenvalue weighted by molar-refractivity contribution is 0.0895. The molecule has 0 saturated heterocycles. The summed E-state index contributed by atoms with van der Waals surface area (Å²) in [4.78, 5) is 12.5. The first-order valence-corrected chi connectivity index (χ1v) is 7.28. The monoisotopic (exact) mass is 274 g/mol. The van der Waals surface area contributed by atoms with Gasteiger partial charge in [0.15, 0.2) is 5.78 Å². The van der Waals surface area contributed by atoms with Crippen molar-refractivity contribution in [3.8, 4) is 5.75 Å². The maximum absolute atomic E-state index is 14.5. The average Bonchev–Trinajstić information content (AvgIpc) is 2.77. The van der Waals surface area contributed by atoms with E-state index in [-0.39, 0.29) is 40.7 Å². The van der Waals surface area contributed by atoms with Gasteiger partial charge in [-0.3, -0.25) is 4.79 Å². The van der Waals surface area contributed by atoms with E-state index in [1.165, 1.54) is 6.07 Å². The molecule has 0 amide bonds. The number of phenolic OH excluding ortho intramolecular Hbond substituents is 1. The molecule has 0 aliphatic heterocycles. The van der Waals surface area contributed by atoms with Crippen molar-refractivity contribution >= 4 is 5.78 Å². The third kappa shape index (κ3) is 1.72. The number of hydrogen-bond acceptors (Lipinski definition) is 2. The number of phenols is 1. The van der Waals surface area contributed by atoms with Crippen LogP contribution < -0.4 is 0 Å². The van der Waals surface area contributed by atoms with Gasteiger partial charge in [0.1, 0.15) is 11.6 Å². The first-order chi connectivity index (χ1) is 9.56. The Hall–Kier alpha value is -1.64. The molecule has 0 aromatic heterocycles. The van der Waals surface area contributed by atoms with Crippen LogP contribution in [0.15, 0.2) is 18.7 Å². The quantitative estimate of drug-likeness (QED) is 0.817. The van der Waals surface area contributed by atoms with Crippen molar-refractivity contribution in [1.82, 2.24) is 0 Å². The number of aromatic hydroxyl groups is 1. The number of carbonyl (C=O) groups is 1. The highest BCUT2D eigenvalue weighted by molar-refractivity contribution is 6.06. The molecule has 1 fully saturated rings. The number of hydrogen-bond donors (Lipinski definition) is 1. The topological polar surface area (TPSA) is 37.3 Å². The Morgan fingerprint density at radius 3 is 2.70 bits per heavy atom. The van der Waals surface area contributed by atoms with Gasteiger partial charge in [-0.05, 0) is 24.8 Å². The minimum Gasteiger partial charge on any atom is -0.507 e. The summed E-state index contributed by atoms with van der Waals surface area (Å²) >= 11 is 0. The van der Waals surface area contributed by atoms with E-state index < -0.39 is 0 Å². The van der Waals surface area contributed by atoms with Crippen LogP contribution in [0.3, 0.4) is 0 Å². The zero-order valence-corrected chi connectivity index (χ0v) is 11.7. The minimum absolute atomic E-state index is 0.0341. The summed E-state index contributed by atoms with van der Waals surface area (Å²) in [5.41, 5.74) is 1.16. The van der Waals surface area contributed by atoms with Crippen molar-refractivity contribution in [2.24, 2.45) is 5.92 Å². The molecule has 3 atom stereocenters. The first-order valence-electron chi connectivity index (χ1n) is 7.28. The van der Waals surface area contributed by atoms with Gasteiger partial charge >= 0.3 is 0 Å². The van der Waals surface area contributed by atoms with Crippen LogP contribution in [0.1, 0.15) is 65.9 Å². The van der Waals surface area contributed by atoms with Gasteiger partial charge in [-0.25, -0.2) is 4.39 Å². The van der Waals surface area contributed by atoms with E-state index in [9.17, 15) is 14.3 Å². The van der Waals surface area contributed by atoms with Crippen LogP contribution in [-0.4, -0.2) is 10.9 Å². The summed E-state index contributed by atoms with van der Waals surface area (Å²) in [6.45, 7) is 5.51. The van der Waals surface area contributed by atoms with Gasteiger partial charge in [-0.1, -0.05) is 25.8 Å². The molecule has 1 aromatic carbocycles. The molecule has 1 N–H and O–H groups in total. The number of Topliss-reactive ketones (excluding diaryl/α,β-unsaturated/α-hetero) is 1. The Balaban J connectivity index is 2.20. The molecular formula is C17H19FO2. The normalized spacial score (nSPS) is 26.0. The second-order valence-corrected chi connectivity index (χ2v) is 5.97. The SMILES string of the molecule is C=CC(C)c1cc(F)c2c(c1O)C(=O)C1CCCCC21. The van der Waals surface area contributed by atoms with Crippen molar-refractivity contribution in [3.05, 3.63) is 41.2 Å². The zero-order chi connectivity index (χ0) is 14.4. The molecule has 1 saturated carbocycles. The standard InChI is InChI=1S/C17H19FO2/c1-3-9(2)12-8-13(18)14-10-6-4-5-7-11(10)16(19)15(14)17(12)20/h3,8-11,20H,1,4-7H2,2H3. The molecule has 2 nitrogen and oxygen atoms in total. The first kappa shape index (κ1) is 13.3. The van der Waals surface area contributed by atoms with E-state index >= 15 is 0 Å². The fraction of sp³-hybridized carbons (Fsp3) is 0.471. The number of rotatable bonds is 2. The maximum Gasteiger partial charge on any atom is 0.170 e. The number of benzene rings is 1. The van der Waals surface area contributed by atoms with Crippen molar-refractivity contribution in [3.63, 3.8) is 0 Å². The molecule has 3 heteroatoms. The Labute approximate surface area is 118 Å². The molecule has 0 radical (unpaired) electrons. The van der Waals surface area contributed by atoms with Crippen LogP contribution in [0.5, 0.6) is 5.75 Å². The predicted octanol–water partition coefficient (Wildman–Crippen LogP) is 4.29. The van der Waals surface area contributed by atoms with Crippen LogP contribution in [0, 0.1) is 11.7 Å². The van der Waals surface area contributed by atoms with E-state index in [1.807, 2.05) is 6.92 Å². The second kappa shape index (κ2) is 4.72. The van der Waals surface area contributed by atoms with Crippen molar-refractivity contribution in [2.75, 3.05) is 0 Å². The van der Waals surface area contributed by atoms with Crippen LogP contribution >= 0.6 is 0 Å². The van der Waals surface area contributed by atoms with Gasteiger partial charge in [-0.2, -0.15) is 0 Å². The molecule has 0 bridgehead atoms. The largest absolute Gasteiger partial charge is 0.507 e. The molecule has 2 aliphatic carbocycles. The minimum atomic E-state index is -0.343. The highest BCUT2D eigenvalue weighted by atomic mass is 19.1. The molecule has 0 heterocycles. The zero-order valence-electron chi connectivity index (χ0n) is 11.7. The van der Waals surface area contributed by atoms with Crippen LogP contribution in [0.2, 0.25) is 0 Å². The van der Waals surface area contributed by atoms with E-state index in [4.69, 9.17) is 0 Å². The Bertz CT molecular complexity index is 591. The molecule has 106 valence electrons. The Morgan fingerprint density at radius 1 is 1.40 bits per heavy atom. The summed E-state index contributed by atoms with van der Waals surface area (Å²) in [5, 5.41) is 10.4. The molecule has 3 rings (SSSR count). The molecule has 2 aliphatic rings.